The fourth-order valence-electron chi connectivity index (χ4n) is 2.43. The van der Waals surface area contributed by atoms with Gasteiger partial charge in [0.25, 0.3) is 11.8 Å². The second-order valence-electron chi connectivity index (χ2n) is 5.77. The Kier molecular flexibility index (Phi) is 5.18. The van der Waals surface area contributed by atoms with Crippen LogP contribution >= 0.6 is 0 Å². The van der Waals surface area contributed by atoms with Gasteiger partial charge in [-0.05, 0) is 18.1 Å². The minimum atomic E-state index is -1.12. The minimum absolute atomic E-state index is 0.0131. The maximum atomic E-state index is 12.1. The lowest BCUT2D eigenvalue weighted by atomic mass is 10.1. The van der Waals surface area contributed by atoms with E-state index >= 15 is 0 Å². The van der Waals surface area contributed by atoms with Crippen molar-refractivity contribution in [3.05, 3.63) is 35.4 Å². The highest BCUT2D eigenvalue weighted by Gasteiger charge is 2.34. The van der Waals surface area contributed by atoms with Crippen molar-refractivity contribution < 1.29 is 24.3 Å². The molecule has 0 saturated carbocycles. The van der Waals surface area contributed by atoms with Crippen LogP contribution in [0.5, 0.6) is 0 Å². The van der Waals surface area contributed by atoms with Crippen molar-refractivity contribution in [2.45, 2.75) is 19.9 Å². The lowest BCUT2D eigenvalue weighted by molar-refractivity contribution is -0.140. The molecule has 0 saturated heterocycles. The molecule has 1 aliphatic heterocycles. The Bertz CT molecular complexity index is 651. The van der Waals surface area contributed by atoms with E-state index in [4.69, 9.17) is 5.11 Å². The summed E-state index contributed by atoms with van der Waals surface area (Å²) in [6, 6.07) is 4.84. The standard InChI is InChI=1S/C16H19N3O5/c1-9(2)12(15(22)23)18-16(24)17-7-8-19-13(20)10-5-3-4-6-11(10)14(19)21/h3-6,9,12H,7-8H2,1-2H3,(H,22,23)(H2,17,18,24). The van der Waals surface area contributed by atoms with Gasteiger partial charge in [0.15, 0.2) is 0 Å². The average Bonchev–Trinajstić information content (AvgIpc) is 2.77. The normalized spacial score (nSPS) is 14.5. The highest BCUT2D eigenvalue weighted by Crippen LogP contribution is 2.21. The van der Waals surface area contributed by atoms with E-state index in [9.17, 15) is 19.2 Å². The van der Waals surface area contributed by atoms with E-state index in [0.29, 0.717) is 11.1 Å². The van der Waals surface area contributed by atoms with E-state index in [1.54, 1.807) is 38.1 Å². The minimum Gasteiger partial charge on any atom is -0.480 e. The molecule has 1 atom stereocenters. The van der Waals surface area contributed by atoms with Crippen LogP contribution in [-0.2, 0) is 4.79 Å². The summed E-state index contributed by atoms with van der Waals surface area (Å²) in [4.78, 5) is 48.1. The van der Waals surface area contributed by atoms with E-state index in [0.717, 1.165) is 4.90 Å². The third kappa shape index (κ3) is 3.53. The van der Waals surface area contributed by atoms with Crippen LogP contribution in [0.25, 0.3) is 0 Å². The third-order valence-corrected chi connectivity index (χ3v) is 3.72. The fourth-order valence-corrected chi connectivity index (χ4v) is 2.43. The molecule has 1 aromatic carbocycles. The van der Waals surface area contributed by atoms with Gasteiger partial charge in [-0.2, -0.15) is 0 Å². The van der Waals surface area contributed by atoms with Crippen LogP contribution in [0.3, 0.4) is 0 Å². The molecule has 2 rings (SSSR count). The highest BCUT2D eigenvalue weighted by atomic mass is 16.4. The first kappa shape index (κ1) is 17.5. The molecule has 1 aromatic rings. The number of carboxylic acids is 1. The van der Waals surface area contributed by atoms with E-state index < -0.39 is 29.9 Å². The molecule has 8 heteroatoms. The molecule has 4 amide bonds. The first-order chi connectivity index (χ1) is 11.3. The number of urea groups is 1. The van der Waals surface area contributed by atoms with Gasteiger partial charge >= 0.3 is 12.0 Å². The number of imide groups is 1. The second-order valence-corrected chi connectivity index (χ2v) is 5.77. The lowest BCUT2D eigenvalue weighted by Gasteiger charge is -2.19. The van der Waals surface area contributed by atoms with Crippen molar-refractivity contribution in [1.29, 1.82) is 0 Å². The zero-order valence-electron chi connectivity index (χ0n) is 13.4. The number of benzene rings is 1. The number of fused-ring (bicyclic) bond motifs is 1. The maximum Gasteiger partial charge on any atom is 0.326 e. The zero-order chi connectivity index (χ0) is 17.9. The first-order valence-electron chi connectivity index (χ1n) is 7.55. The molecule has 0 bridgehead atoms. The van der Waals surface area contributed by atoms with Gasteiger partial charge in [-0.15, -0.1) is 0 Å². The van der Waals surface area contributed by atoms with Crippen molar-refractivity contribution in [2.24, 2.45) is 5.92 Å². The predicted molar refractivity (Wildman–Crippen MR) is 84.6 cm³/mol. The van der Waals surface area contributed by atoms with Crippen molar-refractivity contribution >= 4 is 23.8 Å². The van der Waals surface area contributed by atoms with Gasteiger partial charge in [0.2, 0.25) is 0 Å². The van der Waals surface area contributed by atoms with E-state index in [2.05, 4.69) is 10.6 Å². The number of carbonyl (C=O) groups is 4. The summed E-state index contributed by atoms with van der Waals surface area (Å²) in [6.45, 7) is 3.40. The molecule has 128 valence electrons. The molecule has 8 nitrogen and oxygen atoms in total. The molecular formula is C16H19N3O5. The van der Waals surface area contributed by atoms with Crippen LogP contribution < -0.4 is 10.6 Å². The Hall–Kier alpha value is -2.90. The molecule has 0 aromatic heterocycles. The lowest BCUT2D eigenvalue weighted by Crippen LogP contribution is -2.50. The molecular weight excluding hydrogens is 314 g/mol. The topological polar surface area (TPSA) is 116 Å². The maximum absolute atomic E-state index is 12.1. The fraction of sp³-hybridized carbons (Fsp3) is 0.375. The quantitative estimate of drug-likeness (QED) is 0.663. The molecule has 0 radical (unpaired) electrons. The summed E-state index contributed by atoms with van der Waals surface area (Å²) in [5, 5.41) is 13.8. The number of hydrogen-bond donors (Lipinski definition) is 3. The van der Waals surface area contributed by atoms with Gasteiger partial charge in [-0.25, -0.2) is 9.59 Å². The van der Waals surface area contributed by atoms with Crippen molar-refractivity contribution in [1.82, 2.24) is 15.5 Å². The van der Waals surface area contributed by atoms with Gasteiger partial charge < -0.3 is 15.7 Å². The van der Waals surface area contributed by atoms with Crippen LogP contribution in [0, 0.1) is 5.92 Å². The monoisotopic (exact) mass is 333 g/mol. The van der Waals surface area contributed by atoms with Crippen molar-refractivity contribution in [3.8, 4) is 0 Å². The van der Waals surface area contributed by atoms with E-state index in [-0.39, 0.29) is 19.0 Å². The summed E-state index contributed by atoms with van der Waals surface area (Å²) in [6.07, 6.45) is 0. The van der Waals surface area contributed by atoms with Gasteiger partial charge in [-0.3, -0.25) is 14.5 Å². The highest BCUT2D eigenvalue weighted by molar-refractivity contribution is 6.21. The van der Waals surface area contributed by atoms with Gasteiger partial charge in [-0.1, -0.05) is 26.0 Å². The number of hydrogen-bond acceptors (Lipinski definition) is 4. The van der Waals surface area contributed by atoms with Crippen LogP contribution in [0.2, 0.25) is 0 Å². The third-order valence-electron chi connectivity index (χ3n) is 3.72. The number of aliphatic carboxylic acids is 1. The number of carboxylic acid groups (broad SMARTS) is 1. The molecule has 3 N–H and O–H groups in total. The summed E-state index contributed by atoms with van der Waals surface area (Å²) in [5.74, 6) is -2.20. The molecule has 0 aliphatic carbocycles. The molecule has 1 unspecified atom stereocenters. The smallest absolute Gasteiger partial charge is 0.326 e. The van der Waals surface area contributed by atoms with Gasteiger partial charge in [0, 0.05) is 13.1 Å². The zero-order valence-corrected chi connectivity index (χ0v) is 13.4. The summed E-state index contributed by atoms with van der Waals surface area (Å²) < 4.78 is 0. The molecule has 1 heterocycles. The number of nitrogens with one attached hydrogen (secondary N) is 2. The summed E-state index contributed by atoms with van der Waals surface area (Å²) >= 11 is 0. The Morgan fingerprint density at radius 2 is 1.67 bits per heavy atom. The first-order valence-corrected chi connectivity index (χ1v) is 7.55. The average molecular weight is 333 g/mol. The van der Waals surface area contributed by atoms with Gasteiger partial charge in [0.05, 0.1) is 11.1 Å². The van der Waals surface area contributed by atoms with Crippen molar-refractivity contribution in [3.63, 3.8) is 0 Å². The molecule has 24 heavy (non-hydrogen) atoms. The Balaban J connectivity index is 1.87. The van der Waals surface area contributed by atoms with Crippen LogP contribution in [0.15, 0.2) is 24.3 Å². The van der Waals surface area contributed by atoms with E-state index in [1.807, 2.05) is 0 Å². The summed E-state index contributed by atoms with van der Waals surface area (Å²) in [5.41, 5.74) is 0.690. The Morgan fingerprint density at radius 3 is 2.12 bits per heavy atom. The van der Waals surface area contributed by atoms with Crippen LogP contribution in [-0.4, -0.2) is 53.0 Å². The number of nitrogens with zero attached hydrogens (tertiary/aromatic N) is 1. The number of amides is 4. The van der Waals surface area contributed by atoms with E-state index in [1.165, 1.54) is 0 Å². The Labute approximate surface area is 138 Å². The van der Waals surface area contributed by atoms with Crippen LogP contribution in [0.4, 0.5) is 4.79 Å². The number of rotatable bonds is 6. The largest absolute Gasteiger partial charge is 0.480 e. The van der Waals surface area contributed by atoms with Crippen molar-refractivity contribution in [2.75, 3.05) is 13.1 Å². The van der Waals surface area contributed by atoms with Gasteiger partial charge in [0.1, 0.15) is 6.04 Å². The SMILES string of the molecule is CC(C)C(NC(=O)NCCN1C(=O)c2ccccc2C1=O)C(=O)O. The predicted octanol–water partition coefficient (Wildman–Crippen LogP) is 0.691. The summed E-state index contributed by atoms with van der Waals surface area (Å²) in [7, 11) is 0. The molecule has 0 fully saturated rings. The second kappa shape index (κ2) is 7.12. The molecule has 1 aliphatic rings. The Morgan fingerprint density at radius 1 is 1.12 bits per heavy atom. The molecule has 0 spiro atoms. The number of carbonyl (C=O) groups excluding carboxylic acids is 3. The van der Waals surface area contributed by atoms with Crippen LogP contribution in [0.1, 0.15) is 34.6 Å².